The van der Waals surface area contributed by atoms with Crippen LogP contribution in [0.4, 0.5) is 26.3 Å². The summed E-state index contributed by atoms with van der Waals surface area (Å²) in [4.78, 5) is 5.52. The summed E-state index contributed by atoms with van der Waals surface area (Å²) in [5.41, 5.74) is -2.34. The van der Waals surface area contributed by atoms with Crippen molar-refractivity contribution in [2.45, 2.75) is 50.0 Å². The van der Waals surface area contributed by atoms with Crippen molar-refractivity contribution in [2.75, 3.05) is 6.54 Å². The van der Waals surface area contributed by atoms with Crippen LogP contribution in [-0.4, -0.2) is 22.5 Å². The molecule has 1 aromatic heterocycles. The third-order valence-electron chi connectivity index (χ3n) is 6.45. The molecule has 0 amide bonds. The summed E-state index contributed by atoms with van der Waals surface area (Å²) < 4.78 is 89.4. The van der Waals surface area contributed by atoms with E-state index in [1.54, 1.807) is 0 Å². The minimum absolute atomic E-state index is 0.0230. The van der Waals surface area contributed by atoms with Crippen molar-refractivity contribution < 1.29 is 31.1 Å². The van der Waals surface area contributed by atoms with Gasteiger partial charge in [-0.2, -0.15) is 26.3 Å². The Morgan fingerprint density at radius 3 is 2.35 bits per heavy atom. The number of rotatable bonds is 2. The Morgan fingerprint density at radius 2 is 1.68 bits per heavy atom. The maximum Gasteiger partial charge on any atom is 0.433 e. The highest BCUT2D eigenvalue weighted by atomic mass is 79.9. The van der Waals surface area contributed by atoms with Gasteiger partial charge in [0.15, 0.2) is 0 Å². The minimum Gasteiger partial charge on any atom is -0.349 e. The number of halogens is 7. The molecule has 2 aliphatic rings. The number of ether oxygens (including phenoxy) is 1. The lowest BCUT2D eigenvalue weighted by molar-refractivity contribution is -0.142. The monoisotopic (exact) mass is 544 g/mol. The van der Waals surface area contributed by atoms with E-state index in [0.717, 1.165) is 35.0 Å². The SMILES string of the molecule is FC(F)(F)c1cc([C@@H]2OC(c3ccc(Br)cc3)N3CCCC[C@H]23)c2cccc(C(F)(F)F)c2n1. The average molecular weight is 545 g/mol. The number of para-hydroxylation sites is 1. The van der Waals surface area contributed by atoms with Crippen LogP contribution in [-0.2, 0) is 17.1 Å². The van der Waals surface area contributed by atoms with Crippen molar-refractivity contribution in [2.24, 2.45) is 0 Å². The fourth-order valence-electron chi connectivity index (χ4n) is 4.97. The Hall–Kier alpha value is -2.17. The van der Waals surface area contributed by atoms with E-state index in [1.807, 2.05) is 24.3 Å². The zero-order valence-electron chi connectivity index (χ0n) is 17.6. The molecule has 0 bridgehead atoms. The van der Waals surface area contributed by atoms with E-state index in [2.05, 4.69) is 25.8 Å². The van der Waals surface area contributed by atoms with E-state index in [0.29, 0.717) is 13.0 Å². The maximum atomic E-state index is 13.7. The van der Waals surface area contributed by atoms with E-state index in [9.17, 15) is 26.3 Å². The number of fused-ring (bicyclic) bond motifs is 2. The number of pyridine rings is 1. The first-order chi connectivity index (χ1) is 16.0. The predicted molar refractivity (Wildman–Crippen MR) is 117 cm³/mol. The van der Waals surface area contributed by atoms with Gasteiger partial charge in [0.1, 0.15) is 18.0 Å². The molecule has 3 atom stereocenters. The molecule has 2 saturated heterocycles. The van der Waals surface area contributed by atoms with Crippen molar-refractivity contribution in [1.29, 1.82) is 0 Å². The fourth-order valence-corrected chi connectivity index (χ4v) is 5.23. The number of nitrogens with zero attached hydrogens (tertiary/aromatic N) is 2. The van der Waals surface area contributed by atoms with Crippen LogP contribution in [0.2, 0.25) is 0 Å². The summed E-state index contributed by atoms with van der Waals surface area (Å²) in [5, 5.41) is 0.0230. The molecule has 2 fully saturated rings. The van der Waals surface area contributed by atoms with Gasteiger partial charge in [0, 0.05) is 22.4 Å². The molecule has 2 aromatic carbocycles. The van der Waals surface area contributed by atoms with Crippen LogP contribution >= 0.6 is 15.9 Å². The molecule has 0 aliphatic carbocycles. The molecule has 2 aliphatic heterocycles. The largest absolute Gasteiger partial charge is 0.433 e. The van der Waals surface area contributed by atoms with Crippen molar-refractivity contribution in [1.82, 2.24) is 9.88 Å². The van der Waals surface area contributed by atoms with Gasteiger partial charge in [-0.15, -0.1) is 0 Å². The maximum absolute atomic E-state index is 13.7. The molecule has 10 heteroatoms. The molecule has 0 spiro atoms. The third-order valence-corrected chi connectivity index (χ3v) is 6.98. The summed E-state index contributed by atoms with van der Waals surface area (Å²) in [5.74, 6) is 0. The summed E-state index contributed by atoms with van der Waals surface area (Å²) in [6.45, 7) is 0.685. The highest BCUT2D eigenvalue weighted by Gasteiger charge is 2.46. The smallest absolute Gasteiger partial charge is 0.349 e. The first-order valence-electron chi connectivity index (χ1n) is 10.8. The lowest BCUT2D eigenvalue weighted by Gasteiger charge is -2.33. The second-order valence-electron chi connectivity index (χ2n) is 8.56. The Labute approximate surface area is 199 Å². The van der Waals surface area contributed by atoms with Crippen molar-refractivity contribution in [3.63, 3.8) is 0 Å². The second kappa shape index (κ2) is 8.49. The first kappa shape index (κ1) is 23.6. The van der Waals surface area contributed by atoms with E-state index in [4.69, 9.17) is 4.74 Å². The summed E-state index contributed by atoms with van der Waals surface area (Å²) in [7, 11) is 0. The Bertz CT molecular complexity index is 1210. The molecular weight excluding hydrogens is 526 g/mol. The van der Waals surface area contributed by atoms with Gasteiger partial charge in [-0.3, -0.25) is 4.90 Å². The van der Waals surface area contributed by atoms with Gasteiger partial charge < -0.3 is 4.74 Å². The molecule has 34 heavy (non-hydrogen) atoms. The summed E-state index contributed by atoms with van der Waals surface area (Å²) in [6, 6.07) is 11.4. The number of piperidine rings is 1. The van der Waals surface area contributed by atoms with Crippen LogP contribution in [0.1, 0.15) is 54.0 Å². The van der Waals surface area contributed by atoms with Crippen LogP contribution < -0.4 is 0 Å². The molecule has 5 rings (SSSR count). The quantitative estimate of drug-likeness (QED) is 0.309. The van der Waals surface area contributed by atoms with Gasteiger partial charge in [0.2, 0.25) is 0 Å². The van der Waals surface area contributed by atoms with Crippen LogP contribution in [0.25, 0.3) is 10.9 Å². The van der Waals surface area contributed by atoms with Crippen LogP contribution in [0.3, 0.4) is 0 Å². The molecule has 0 N–H and O–H groups in total. The van der Waals surface area contributed by atoms with E-state index >= 15 is 0 Å². The average Bonchev–Trinajstić information content (AvgIpc) is 3.17. The number of aromatic nitrogens is 1. The van der Waals surface area contributed by atoms with E-state index < -0.39 is 41.5 Å². The molecule has 3 nitrogen and oxygen atoms in total. The first-order valence-corrected chi connectivity index (χ1v) is 11.6. The Morgan fingerprint density at radius 1 is 0.941 bits per heavy atom. The zero-order chi connectivity index (χ0) is 24.3. The van der Waals surface area contributed by atoms with Crippen LogP contribution in [0.15, 0.2) is 53.0 Å². The van der Waals surface area contributed by atoms with Crippen LogP contribution in [0, 0.1) is 0 Å². The van der Waals surface area contributed by atoms with Crippen molar-refractivity contribution in [3.8, 4) is 0 Å². The highest BCUT2D eigenvalue weighted by Crippen LogP contribution is 2.49. The van der Waals surface area contributed by atoms with Gasteiger partial charge in [-0.25, -0.2) is 4.98 Å². The summed E-state index contributed by atoms with van der Waals surface area (Å²) >= 11 is 3.39. The zero-order valence-corrected chi connectivity index (χ0v) is 19.2. The molecule has 1 unspecified atom stereocenters. The number of hydrogen-bond acceptors (Lipinski definition) is 3. The fraction of sp³-hybridized carbons (Fsp3) is 0.375. The Kier molecular flexibility index (Phi) is 5.89. The predicted octanol–water partition coefficient (Wildman–Crippen LogP) is 7.66. The second-order valence-corrected chi connectivity index (χ2v) is 9.47. The van der Waals surface area contributed by atoms with Crippen molar-refractivity contribution >= 4 is 26.8 Å². The van der Waals surface area contributed by atoms with E-state index in [-0.39, 0.29) is 17.0 Å². The molecule has 180 valence electrons. The number of hydrogen-bond donors (Lipinski definition) is 0. The van der Waals surface area contributed by atoms with Crippen molar-refractivity contribution in [3.05, 3.63) is 75.4 Å². The standard InChI is InChI=1S/C24H19BrF6N2O/c25-14-9-7-13(8-10-14)22-33-11-2-1-6-18(33)21(34-22)16-12-19(24(29,30)31)32-20-15(16)4-3-5-17(20)23(26,27)28/h3-5,7-10,12,18,21-22H,1-2,6,11H2/t18-,21+,22?/m1/s1. The van der Waals surface area contributed by atoms with E-state index in [1.165, 1.54) is 12.1 Å². The van der Waals surface area contributed by atoms with Gasteiger partial charge in [0.05, 0.1) is 11.1 Å². The Balaban J connectivity index is 1.69. The van der Waals surface area contributed by atoms with Crippen LogP contribution in [0.5, 0.6) is 0 Å². The molecular formula is C24H19BrF6N2O. The third kappa shape index (κ3) is 4.20. The summed E-state index contributed by atoms with van der Waals surface area (Å²) in [6.07, 6.45) is -8.66. The van der Waals surface area contributed by atoms with Gasteiger partial charge >= 0.3 is 12.4 Å². The topological polar surface area (TPSA) is 25.4 Å². The lowest BCUT2D eigenvalue weighted by Crippen LogP contribution is -2.37. The van der Waals surface area contributed by atoms with Gasteiger partial charge in [-0.1, -0.05) is 46.6 Å². The van der Waals surface area contributed by atoms with Gasteiger partial charge in [0.25, 0.3) is 0 Å². The molecule has 0 saturated carbocycles. The molecule has 0 radical (unpaired) electrons. The normalized spacial score (nSPS) is 23.9. The number of alkyl halides is 6. The number of benzene rings is 2. The highest BCUT2D eigenvalue weighted by molar-refractivity contribution is 9.10. The molecule has 3 heterocycles. The lowest BCUT2D eigenvalue weighted by atomic mass is 9.91. The van der Waals surface area contributed by atoms with Gasteiger partial charge in [-0.05, 0) is 48.2 Å². The molecule has 3 aromatic rings. The minimum atomic E-state index is -4.91.